The van der Waals surface area contributed by atoms with E-state index in [0.29, 0.717) is 6.08 Å². The van der Waals surface area contributed by atoms with Gasteiger partial charge < -0.3 is 4.74 Å². The summed E-state index contributed by atoms with van der Waals surface area (Å²) in [5, 5.41) is 0. The molecule has 86 valence electrons. The maximum Gasteiger partial charge on any atom is 0.204 e. The van der Waals surface area contributed by atoms with E-state index in [4.69, 9.17) is 0 Å². The zero-order valence-corrected chi connectivity index (χ0v) is 8.20. The van der Waals surface area contributed by atoms with Crippen molar-refractivity contribution < 1.29 is 22.3 Å². The van der Waals surface area contributed by atoms with E-state index in [2.05, 4.69) is 17.9 Å². The summed E-state index contributed by atoms with van der Waals surface area (Å²) in [6.07, 6.45) is 1.88. The van der Waals surface area contributed by atoms with Crippen molar-refractivity contribution >= 4 is 6.08 Å². The van der Waals surface area contributed by atoms with Crippen LogP contribution in [0.5, 0.6) is 5.75 Å². The zero-order chi connectivity index (χ0) is 12.3. The lowest BCUT2D eigenvalue weighted by molar-refractivity contribution is 0.301. The summed E-state index contributed by atoms with van der Waals surface area (Å²) in [5.74, 6) is -7.34. The van der Waals surface area contributed by atoms with Crippen LogP contribution in [-0.4, -0.2) is 6.61 Å². The first-order valence-electron chi connectivity index (χ1n) is 4.26. The molecule has 0 saturated heterocycles. The molecule has 0 fully saturated rings. The summed E-state index contributed by atoms with van der Waals surface area (Å²) < 4.78 is 57.3. The van der Waals surface area contributed by atoms with Crippen LogP contribution in [-0.2, 0) is 0 Å². The average molecular weight is 232 g/mol. The van der Waals surface area contributed by atoms with Crippen LogP contribution in [0.15, 0.2) is 19.2 Å². The number of benzene rings is 1. The Bertz CT molecular complexity index is 411. The second-order valence-corrected chi connectivity index (χ2v) is 2.80. The summed E-state index contributed by atoms with van der Waals surface area (Å²) in [6, 6.07) is 0. The van der Waals surface area contributed by atoms with Crippen molar-refractivity contribution in [2.45, 2.75) is 0 Å². The van der Waals surface area contributed by atoms with Gasteiger partial charge in [0.05, 0.1) is 5.56 Å². The van der Waals surface area contributed by atoms with Gasteiger partial charge in [0.15, 0.2) is 17.4 Å². The van der Waals surface area contributed by atoms with Crippen LogP contribution in [0, 0.1) is 23.3 Å². The predicted octanol–water partition coefficient (Wildman–Crippen LogP) is 3.45. The Labute approximate surface area is 89.7 Å². The normalized spacial score (nSPS) is 10.0. The molecular weight excluding hydrogens is 224 g/mol. The lowest BCUT2D eigenvalue weighted by Crippen LogP contribution is -2.06. The molecule has 1 aromatic carbocycles. The smallest absolute Gasteiger partial charge is 0.204 e. The molecule has 16 heavy (non-hydrogen) atoms. The Balaban J connectivity index is 3.40. The van der Waals surface area contributed by atoms with Crippen molar-refractivity contribution in [2.24, 2.45) is 0 Å². The Morgan fingerprint density at radius 1 is 0.938 bits per heavy atom. The number of ether oxygens (including phenoxy) is 1. The van der Waals surface area contributed by atoms with Gasteiger partial charge in [-0.2, -0.15) is 8.78 Å². The van der Waals surface area contributed by atoms with Crippen molar-refractivity contribution in [1.29, 1.82) is 0 Å². The minimum Gasteiger partial charge on any atom is -0.483 e. The molecule has 0 heterocycles. The van der Waals surface area contributed by atoms with Gasteiger partial charge in [0.1, 0.15) is 6.61 Å². The number of halogens is 4. The third-order valence-corrected chi connectivity index (χ3v) is 1.81. The minimum absolute atomic E-state index is 0.264. The predicted molar refractivity (Wildman–Crippen MR) is 52.1 cm³/mol. The van der Waals surface area contributed by atoms with E-state index in [1.54, 1.807) is 0 Å². The summed E-state index contributed by atoms with van der Waals surface area (Å²) in [6.45, 7) is 6.03. The van der Waals surface area contributed by atoms with E-state index < -0.39 is 34.6 Å². The molecule has 5 heteroatoms. The maximum atomic E-state index is 13.2. The molecule has 0 radical (unpaired) electrons. The van der Waals surface area contributed by atoms with Crippen molar-refractivity contribution in [3.63, 3.8) is 0 Å². The zero-order valence-electron chi connectivity index (χ0n) is 8.20. The lowest BCUT2D eigenvalue weighted by Gasteiger charge is -2.09. The van der Waals surface area contributed by atoms with Gasteiger partial charge in [0.25, 0.3) is 0 Å². The van der Waals surface area contributed by atoms with Crippen molar-refractivity contribution in [1.82, 2.24) is 0 Å². The Hall–Kier alpha value is -1.78. The molecule has 0 aliphatic heterocycles. The van der Waals surface area contributed by atoms with Crippen molar-refractivity contribution in [2.75, 3.05) is 6.61 Å². The van der Waals surface area contributed by atoms with E-state index in [1.807, 2.05) is 0 Å². The first-order valence-corrected chi connectivity index (χ1v) is 4.26. The Morgan fingerprint density at radius 3 is 1.81 bits per heavy atom. The summed E-state index contributed by atoms with van der Waals surface area (Å²) >= 11 is 0. The molecule has 1 nitrogen and oxygen atoms in total. The van der Waals surface area contributed by atoms with Crippen molar-refractivity contribution in [3.8, 4) is 5.75 Å². The lowest BCUT2D eigenvalue weighted by atomic mass is 10.1. The summed E-state index contributed by atoms with van der Waals surface area (Å²) in [4.78, 5) is 0. The SMILES string of the molecule is C=CCOc1c(F)c(F)c(C=C)c(F)c1F. The number of hydrogen-bond donors (Lipinski definition) is 0. The Morgan fingerprint density at radius 2 is 1.44 bits per heavy atom. The first-order chi connectivity index (χ1) is 7.54. The molecule has 0 atom stereocenters. The maximum absolute atomic E-state index is 13.2. The second-order valence-electron chi connectivity index (χ2n) is 2.80. The largest absolute Gasteiger partial charge is 0.483 e. The molecule has 0 spiro atoms. The van der Waals surface area contributed by atoms with Gasteiger partial charge in [-0.25, -0.2) is 8.78 Å². The van der Waals surface area contributed by atoms with E-state index >= 15 is 0 Å². The molecule has 0 aliphatic rings. The van der Waals surface area contributed by atoms with E-state index in [9.17, 15) is 17.6 Å². The fraction of sp³-hybridized carbons (Fsp3) is 0.0909. The van der Waals surface area contributed by atoms with E-state index in [-0.39, 0.29) is 6.61 Å². The third kappa shape index (κ3) is 1.93. The molecular formula is C11H8F4O. The fourth-order valence-corrected chi connectivity index (χ4v) is 1.08. The van der Waals surface area contributed by atoms with Gasteiger partial charge in [0, 0.05) is 0 Å². The number of rotatable bonds is 4. The third-order valence-electron chi connectivity index (χ3n) is 1.81. The molecule has 0 saturated carbocycles. The van der Waals surface area contributed by atoms with Crippen LogP contribution in [0.3, 0.4) is 0 Å². The van der Waals surface area contributed by atoms with Gasteiger partial charge in [-0.15, -0.1) is 0 Å². The standard InChI is InChI=1S/C11H8F4O/c1-3-5-16-11-9(14)7(12)6(4-2)8(13)10(11)15/h3-4H,1-2,5H2. The molecule has 0 aliphatic carbocycles. The van der Waals surface area contributed by atoms with Gasteiger partial charge in [-0.1, -0.05) is 25.3 Å². The van der Waals surface area contributed by atoms with Crippen LogP contribution in [0.2, 0.25) is 0 Å². The molecule has 0 bridgehead atoms. The van der Waals surface area contributed by atoms with Gasteiger partial charge in [-0.05, 0) is 0 Å². The summed E-state index contributed by atoms with van der Waals surface area (Å²) in [5.41, 5.74) is -0.860. The second kappa shape index (κ2) is 4.83. The molecule has 1 aromatic rings. The van der Waals surface area contributed by atoms with Gasteiger partial charge in [-0.3, -0.25) is 0 Å². The average Bonchev–Trinajstić information content (AvgIpc) is 2.27. The molecule has 1 rings (SSSR count). The van der Waals surface area contributed by atoms with Crippen LogP contribution < -0.4 is 4.74 Å². The van der Waals surface area contributed by atoms with Crippen LogP contribution in [0.1, 0.15) is 5.56 Å². The monoisotopic (exact) mass is 232 g/mol. The van der Waals surface area contributed by atoms with Crippen LogP contribution in [0.25, 0.3) is 6.08 Å². The van der Waals surface area contributed by atoms with Crippen LogP contribution in [0.4, 0.5) is 17.6 Å². The molecule has 0 N–H and O–H groups in total. The quantitative estimate of drug-likeness (QED) is 0.439. The highest BCUT2D eigenvalue weighted by Crippen LogP contribution is 2.30. The highest BCUT2D eigenvalue weighted by atomic mass is 19.2. The fourth-order valence-electron chi connectivity index (χ4n) is 1.08. The molecule has 0 aromatic heterocycles. The van der Waals surface area contributed by atoms with E-state index in [0.717, 1.165) is 0 Å². The molecule has 0 amide bonds. The summed E-state index contributed by atoms with van der Waals surface area (Å²) in [7, 11) is 0. The highest BCUT2D eigenvalue weighted by Gasteiger charge is 2.24. The highest BCUT2D eigenvalue weighted by molar-refractivity contribution is 5.51. The number of hydrogen-bond acceptors (Lipinski definition) is 1. The van der Waals surface area contributed by atoms with Crippen molar-refractivity contribution in [3.05, 3.63) is 48.1 Å². The Kier molecular flexibility index (Phi) is 3.71. The molecule has 0 unspecified atom stereocenters. The topological polar surface area (TPSA) is 9.23 Å². The van der Waals surface area contributed by atoms with Gasteiger partial charge >= 0.3 is 0 Å². The van der Waals surface area contributed by atoms with Gasteiger partial charge in [0.2, 0.25) is 11.6 Å². The van der Waals surface area contributed by atoms with Crippen LogP contribution >= 0.6 is 0 Å². The minimum atomic E-state index is -1.59. The van der Waals surface area contributed by atoms with E-state index in [1.165, 1.54) is 6.08 Å². The first kappa shape index (κ1) is 12.3.